The van der Waals surface area contributed by atoms with Gasteiger partial charge in [-0.2, -0.15) is 5.10 Å². The summed E-state index contributed by atoms with van der Waals surface area (Å²) in [6, 6.07) is 14.0. The van der Waals surface area contributed by atoms with Crippen molar-refractivity contribution in [3.63, 3.8) is 0 Å². The summed E-state index contributed by atoms with van der Waals surface area (Å²) >= 11 is 0. The molecule has 0 aliphatic carbocycles. The second-order valence-electron chi connectivity index (χ2n) is 7.78. The van der Waals surface area contributed by atoms with E-state index >= 15 is 0 Å². The molecule has 2 aromatic carbocycles. The number of aromatic nitrogens is 3. The predicted octanol–water partition coefficient (Wildman–Crippen LogP) is 4.04. The average Bonchev–Trinajstić information content (AvgIpc) is 3.06. The number of rotatable bonds is 5. The average molecular weight is 402 g/mol. The van der Waals surface area contributed by atoms with Crippen LogP contribution in [0.4, 0.5) is 5.69 Å². The molecule has 0 bridgehead atoms. The van der Waals surface area contributed by atoms with Crippen molar-refractivity contribution in [3.8, 4) is 0 Å². The number of para-hydroxylation sites is 1. The van der Waals surface area contributed by atoms with Crippen LogP contribution in [0.25, 0.3) is 21.8 Å². The van der Waals surface area contributed by atoms with E-state index in [0.717, 1.165) is 46.1 Å². The van der Waals surface area contributed by atoms with Crippen molar-refractivity contribution in [2.45, 2.75) is 40.3 Å². The van der Waals surface area contributed by atoms with Gasteiger partial charge in [-0.1, -0.05) is 37.3 Å². The van der Waals surface area contributed by atoms with Crippen LogP contribution in [0.15, 0.2) is 53.5 Å². The highest BCUT2D eigenvalue weighted by Gasteiger charge is 2.19. The second kappa shape index (κ2) is 7.78. The monoisotopic (exact) mass is 402 g/mol. The molecule has 6 nitrogen and oxygen atoms in total. The summed E-state index contributed by atoms with van der Waals surface area (Å²) in [4.78, 5) is 27.9. The molecule has 0 spiro atoms. The summed E-state index contributed by atoms with van der Waals surface area (Å²) in [5.41, 5.74) is 4.32. The summed E-state index contributed by atoms with van der Waals surface area (Å²) in [5, 5.41) is 6.17. The number of amides is 1. The Morgan fingerprint density at radius 3 is 2.63 bits per heavy atom. The third kappa shape index (κ3) is 3.28. The molecule has 2 aromatic heterocycles. The Hall–Kier alpha value is -3.41. The van der Waals surface area contributed by atoms with Gasteiger partial charge < -0.3 is 9.47 Å². The molecular weight excluding hydrogens is 376 g/mol. The first-order valence-corrected chi connectivity index (χ1v) is 10.2. The summed E-state index contributed by atoms with van der Waals surface area (Å²) in [7, 11) is 1.74. The van der Waals surface area contributed by atoms with Gasteiger partial charge in [-0.05, 0) is 43.5 Å². The topological polar surface area (TPSA) is 60.1 Å². The molecule has 4 rings (SSSR count). The molecule has 1 amide bonds. The van der Waals surface area contributed by atoms with E-state index in [-0.39, 0.29) is 18.0 Å². The maximum absolute atomic E-state index is 13.3. The lowest BCUT2D eigenvalue weighted by atomic mass is 10.1. The van der Waals surface area contributed by atoms with Crippen LogP contribution >= 0.6 is 0 Å². The molecule has 2 heterocycles. The van der Waals surface area contributed by atoms with E-state index in [1.165, 1.54) is 4.68 Å². The number of hydrogen-bond acceptors (Lipinski definition) is 3. The lowest BCUT2D eigenvalue weighted by molar-refractivity contribution is -0.119. The highest BCUT2D eigenvalue weighted by molar-refractivity contribution is 6.07. The normalized spacial score (nSPS) is 11.3. The molecule has 0 saturated carbocycles. The highest BCUT2D eigenvalue weighted by Crippen LogP contribution is 2.26. The van der Waals surface area contributed by atoms with Gasteiger partial charge in [-0.25, -0.2) is 4.68 Å². The number of anilines is 1. The molecule has 4 aromatic rings. The third-order valence-corrected chi connectivity index (χ3v) is 5.61. The molecule has 0 radical (unpaired) electrons. The largest absolute Gasteiger partial charge is 0.336 e. The van der Waals surface area contributed by atoms with Gasteiger partial charge in [-0.15, -0.1) is 0 Å². The van der Waals surface area contributed by atoms with E-state index in [1.54, 1.807) is 18.1 Å². The molecule has 0 unspecified atom stereocenters. The maximum Gasteiger partial charge on any atom is 0.291 e. The van der Waals surface area contributed by atoms with E-state index < -0.39 is 0 Å². The van der Waals surface area contributed by atoms with Crippen molar-refractivity contribution < 1.29 is 4.79 Å². The molecule has 0 aliphatic rings. The molecule has 0 aliphatic heterocycles. The second-order valence-corrected chi connectivity index (χ2v) is 7.78. The van der Waals surface area contributed by atoms with Gasteiger partial charge in [0.15, 0.2) is 0 Å². The molecule has 154 valence electrons. The fourth-order valence-electron chi connectivity index (χ4n) is 4.01. The molecule has 0 saturated heterocycles. The van der Waals surface area contributed by atoms with E-state index in [1.807, 2.05) is 60.9 Å². The summed E-state index contributed by atoms with van der Waals surface area (Å²) in [5.74, 6) is -0.184. The first-order chi connectivity index (χ1) is 14.4. The van der Waals surface area contributed by atoms with Crippen molar-refractivity contribution in [1.82, 2.24) is 14.3 Å². The van der Waals surface area contributed by atoms with Crippen LogP contribution in [0, 0.1) is 13.8 Å². The summed E-state index contributed by atoms with van der Waals surface area (Å²) in [6.45, 7) is 6.68. The van der Waals surface area contributed by atoms with Gasteiger partial charge >= 0.3 is 0 Å². The number of nitrogens with zero attached hydrogens (tertiary/aromatic N) is 4. The van der Waals surface area contributed by atoms with Gasteiger partial charge in [0, 0.05) is 35.6 Å². The summed E-state index contributed by atoms with van der Waals surface area (Å²) in [6.07, 6.45) is 2.61. The fraction of sp³-hybridized carbons (Fsp3) is 0.292. The van der Waals surface area contributed by atoms with Crippen LogP contribution < -0.4 is 10.5 Å². The van der Waals surface area contributed by atoms with Crippen molar-refractivity contribution in [1.29, 1.82) is 0 Å². The Morgan fingerprint density at radius 1 is 1.10 bits per heavy atom. The lowest BCUT2D eigenvalue weighted by Gasteiger charge is -2.20. The van der Waals surface area contributed by atoms with E-state index in [0.29, 0.717) is 5.52 Å². The van der Waals surface area contributed by atoms with Crippen LogP contribution in [-0.4, -0.2) is 27.3 Å². The molecule has 0 N–H and O–H groups in total. The fourth-order valence-corrected chi connectivity index (χ4v) is 4.01. The van der Waals surface area contributed by atoms with Crippen LogP contribution in [0.3, 0.4) is 0 Å². The van der Waals surface area contributed by atoms with Crippen molar-refractivity contribution >= 4 is 33.4 Å². The Kier molecular flexibility index (Phi) is 5.16. The minimum atomic E-state index is -0.236. The zero-order valence-corrected chi connectivity index (χ0v) is 17.8. The van der Waals surface area contributed by atoms with E-state index in [9.17, 15) is 9.59 Å². The Balaban J connectivity index is 1.76. The van der Waals surface area contributed by atoms with Crippen molar-refractivity contribution in [2.75, 3.05) is 11.9 Å². The number of aryl methyl sites for hydroxylation is 3. The van der Waals surface area contributed by atoms with Crippen LogP contribution in [0.5, 0.6) is 0 Å². The van der Waals surface area contributed by atoms with E-state index in [4.69, 9.17) is 0 Å². The molecular formula is C24H26N4O2. The predicted molar refractivity (Wildman–Crippen MR) is 121 cm³/mol. The third-order valence-electron chi connectivity index (χ3n) is 5.61. The van der Waals surface area contributed by atoms with Crippen molar-refractivity contribution in [3.05, 3.63) is 70.1 Å². The number of likely N-dealkylation sites (N-methyl/N-ethyl adjacent to an activating group) is 1. The molecule has 0 fully saturated rings. The minimum absolute atomic E-state index is 0.105. The molecule has 6 heteroatoms. The number of fused-ring (bicyclic) bond motifs is 3. The number of carbonyl (C=O) groups excluding carboxylic acids is 1. The zero-order chi connectivity index (χ0) is 21.4. The first-order valence-electron chi connectivity index (χ1n) is 10.2. The summed E-state index contributed by atoms with van der Waals surface area (Å²) < 4.78 is 3.32. The Bertz CT molecular complexity index is 1320. The van der Waals surface area contributed by atoms with Crippen LogP contribution in [0.1, 0.15) is 24.5 Å². The standard InChI is InChI=1S/C24H26N4O2/c1-5-12-27-20-9-7-6-8-18(20)19-14-25-28(24(30)23(19)27)15-22(29)26(4)21-13-16(2)10-11-17(21)3/h6-11,13-14H,5,12,15H2,1-4H3. The number of carbonyl (C=O) groups is 1. The van der Waals surface area contributed by atoms with Gasteiger partial charge in [0.2, 0.25) is 5.91 Å². The zero-order valence-electron chi connectivity index (χ0n) is 17.8. The van der Waals surface area contributed by atoms with Gasteiger partial charge in [0.1, 0.15) is 12.1 Å². The van der Waals surface area contributed by atoms with Gasteiger partial charge in [0.25, 0.3) is 5.56 Å². The van der Waals surface area contributed by atoms with Crippen LogP contribution in [-0.2, 0) is 17.9 Å². The molecule has 30 heavy (non-hydrogen) atoms. The van der Waals surface area contributed by atoms with Crippen LogP contribution in [0.2, 0.25) is 0 Å². The minimum Gasteiger partial charge on any atom is -0.336 e. The van der Waals surface area contributed by atoms with E-state index in [2.05, 4.69) is 12.0 Å². The quantitative estimate of drug-likeness (QED) is 0.506. The van der Waals surface area contributed by atoms with Gasteiger partial charge in [-0.3, -0.25) is 9.59 Å². The van der Waals surface area contributed by atoms with Crippen molar-refractivity contribution in [2.24, 2.45) is 0 Å². The number of hydrogen-bond donors (Lipinski definition) is 0. The lowest BCUT2D eigenvalue weighted by Crippen LogP contribution is -2.35. The van der Waals surface area contributed by atoms with Gasteiger partial charge in [0.05, 0.1) is 6.20 Å². The smallest absolute Gasteiger partial charge is 0.291 e. The SMILES string of the molecule is CCCn1c2ccccc2c2cnn(CC(=O)N(C)c3cc(C)ccc3C)c(=O)c21. The maximum atomic E-state index is 13.3. The highest BCUT2D eigenvalue weighted by atomic mass is 16.2. The number of benzene rings is 2. The molecule has 0 atom stereocenters. The Morgan fingerprint density at radius 2 is 1.87 bits per heavy atom. The first kappa shape index (κ1) is 19.9. The Labute approximate surface area is 175 Å².